The molecule has 4 rings (SSSR count). The highest BCUT2D eigenvalue weighted by Crippen LogP contribution is 2.26. The largest absolute Gasteiger partial charge is 0.351 e. The summed E-state index contributed by atoms with van der Waals surface area (Å²) < 4.78 is 3.09. The smallest absolute Gasteiger partial charge is 0.256 e. The number of nitrogens with zero attached hydrogens (tertiary/aromatic N) is 2. The highest BCUT2D eigenvalue weighted by Gasteiger charge is 2.12. The third-order valence-electron chi connectivity index (χ3n) is 3.93. The molecule has 0 aliphatic rings. The maximum absolute atomic E-state index is 12.6. The van der Waals surface area contributed by atoms with Crippen molar-refractivity contribution in [1.82, 2.24) is 9.55 Å². The molecule has 0 saturated heterocycles. The number of anilines is 1. The second kappa shape index (κ2) is 5.21. The van der Waals surface area contributed by atoms with Gasteiger partial charge in [0.05, 0.1) is 15.2 Å². The van der Waals surface area contributed by atoms with Crippen LogP contribution in [0.3, 0.4) is 0 Å². The van der Waals surface area contributed by atoms with Gasteiger partial charge < -0.3 is 9.88 Å². The summed E-state index contributed by atoms with van der Waals surface area (Å²) in [5.41, 5.74) is 3.49. The van der Waals surface area contributed by atoms with Crippen LogP contribution >= 0.6 is 11.3 Å². The molecule has 114 valence electrons. The summed E-state index contributed by atoms with van der Waals surface area (Å²) in [6.07, 6.45) is 1.97. The molecule has 0 bridgehead atoms. The van der Waals surface area contributed by atoms with Crippen molar-refractivity contribution in [2.45, 2.75) is 6.92 Å². The number of amides is 1. The molecule has 0 aliphatic carbocycles. The molecule has 2 heterocycles. The van der Waals surface area contributed by atoms with Gasteiger partial charge in [-0.05, 0) is 43.3 Å². The number of hydrogen-bond acceptors (Lipinski definition) is 3. The van der Waals surface area contributed by atoms with Gasteiger partial charge in [-0.2, -0.15) is 0 Å². The summed E-state index contributed by atoms with van der Waals surface area (Å²) in [7, 11) is 1.98. The molecule has 4 nitrogen and oxygen atoms in total. The Kier molecular flexibility index (Phi) is 3.16. The number of carbonyl (C=O) groups excluding carboxylic acids is 1. The average Bonchev–Trinajstić information content (AvgIpc) is 3.09. The van der Waals surface area contributed by atoms with Crippen molar-refractivity contribution in [3.05, 3.63) is 59.2 Å². The van der Waals surface area contributed by atoms with Crippen molar-refractivity contribution in [2.75, 3.05) is 5.32 Å². The number of aryl methyl sites for hydroxylation is 2. The maximum Gasteiger partial charge on any atom is 0.256 e. The van der Waals surface area contributed by atoms with Crippen LogP contribution in [0.4, 0.5) is 5.69 Å². The van der Waals surface area contributed by atoms with Crippen LogP contribution in [0.25, 0.3) is 21.1 Å². The molecule has 23 heavy (non-hydrogen) atoms. The van der Waals surface area contributed by atoms with Crippen LogP contribution in [0, 0.1) is 6.92 Å². The molecule has 0 aliphatic heterocycles. The molecule has 0 spiro atoms. The zero-order chi connectivity index (χ0) is 16.0. The van der Waals surface area contributed by atoms with Gasteiger partial charge in [0.1, 0.15) is 0 Å². The Morgan fingerprint density at radius 2 is 2.09 bits per heavy atom. The quantitative estimate of drug-likeness (QED) is 0.596. The Bertz CT molecular complexity index is 1040. The molecule has 5 heteroatoms. The first-order valence-electron chi connectivity index (χ1n) is 7.34. The fourth-order valence-corrected chi connectivity index (χ4v) is 3.68. The standard InChI is InChI=1S/C18H15N3OS/c1-11-19-15-7-6-12(10-17(15)23-11)20-18(22)14-4-3-5-16-13(14)8-9-21(16)2/h3-10H,1-2H3,(H,20,22). The predicted octanol–water partition coefficient (Wildman–Crippen LogP) is 4.35. The minimum atomic E-state index is -0.0950. The number of fused-ring (bicyclic) bond motifs is 2. The number of hydrogen-bond donors (Lipinski definition) is 1. The highest BCUT2D eigenvalue weighted by atomic mass is 32.1. The van der Waals surface area contributed by atoms with Gasteiger partial charge in [-0.15, -0.1) is 11.3 Å². The SMILES string of the molecule is Cc1nc2ccc(NC(=O)c3cccc4c3ccn4C)cc2s1. The van der Waals surface area contributed by atoms with Crippen molar-refractivity contribution in [2.24, 2.45) is 7.05 Å². The van der Waals surface area contributed by atoms with Crippen molar-refractivity contribution >= 4 is 44.1 Å². The first-order chi connectivity index (χ1) is 11.1. The average molecular weight is 321 g/mol. The molecule has 0 radical (unpaired) electrons. The topological polar surface area (TPSA) is 46.9 Å². The van der Waals surface area contributed by atoms with Crippen molar-refractivity contribution in [3.8, 4) is 0 Å². The van der Waals surface area contributed by atoms with E-state index >= 15 is 0 Å². The minimum absolute atomic E-state index is 0.0950. The Hall–Kier alpha value is -2.66. The molecule has 1 amide bonds. The predicted molar refractivity (Wildman–Crippen MR) is 95.2 cm³/mol. The van der Waals surface area contributed by atoms with Gasteiger partial charge in [-0.1, -0.05) is 6.07 Å². The van der Waals surface area contributed by atoms with E-state index in [1.165, 1.54) is 0 Å². The molecule has 2 aromatic carbocycles. The molecule has 0 unspecified atom stereocenters. The third-order valence-corrected chi connectivity index (χ3v) is 4.86. The summed E-state index contributed by atoms with van der Waals surface area (Å²) >= 11 is 1.63. The molecular formula is C18H15N3OS. The van der Waals surface area contributed by atoms with E-state index in [0.29, 0.717) is 5.56 Å². The summed E-state index contributed by atoms with van der Waals surface area (Å²) in [5, 5.41) is 4.98. The van der Waals surface area contributed by atoms with E-state index in [1.54, 1.807) is 11.3 Å². The van der Waals surface area contributed by atoms with Gasteiger partial charge in [-0.3, -0.25) is 4.79 Å². The van der Waals surface area contributed by atoms with Gasteiger partial charge in [0.25, 0.3) is 5.91 Å². The first-order valence-corrected chi connectivity index (χ1v) is 8.16. The lowest BCUT2D eigenvalue weighted by molar-refractivity contribution is 0.102. The Balaban J connectivity index is 1.70. The Morgan fingerprint density at radius 1 is 1.22 bits per heavy atom. The molecule has 0 atom stereocenters. The van der Waals surface area contributed by atoms with E-state index in [4.69, 9.17) is 0 Å². The second-order valence-electron chi connectivity index (χ2n) is 5.53. The molecule has 1 N–H and O–H groups in total. The number of nitrogens with one attached hydrogen (secondary N) is 1. The van der Waals surface area contributed by atoms with Crippen molar-refractivity contribution in [3.63, 3.8) is 0 Å². The van der Waals surface area contributed by atoms with E-state index in [0.717, 1.165) is 31.8 Å². The lowest BCUT2D eigenvalue weighted by Gasteiger charge is -2.07. The first kappa shape index (κ1) is 14.0. The fourth-order valence-electron chi connectivity index (χ4n) is 2.82. The summed E-state index contributed by atoms with van der Waals surface area (Å²) in [6.45, 7) is 1.99. The van der Waals surface area contributed by atoms with Crippen LogP contribution in [0.5, 0.6) is 0 Å². The van der Waals surface area contributed by atoms with Crippen LogP contribution in [-0.4, -0.2) is 15.5 Å². The maximum atomic E-state index is 12.6. The number of aromatic nitrogens is 2. The summed E-state index contributed by atoms with van der Waals surface area (Å²) in [5.74, 6) is -0.0950. The van der Waals surface area contributed by atoms with Crippen LogP contribution in [-0.2, 0) is 7.05 Å². The van der Waals surface area contributed by atoms with Crippen molar-refractivity contribution < 1.29 is 4.79 Å². The lowest BCUT2D eigenvalue weighted by atomic mass is 10.1. The zero-order valence-electron chi connectivity index (χ0n) is 12.8. The van der Waals surface area contributed by atoms with E-state index in [2.05, 4.69) is 10.3 Å². The van der Waals surface area contributed by atoms with Crippen LogP contribution in [0.15, 0.2) is 48.7 Å². The second-order valence-corrected chi connectivity index (χ2v) is 6.77. The van der Waals surface area contributed by atoms with Gasteiger partial charge in [0.2, 0.25) is 0 Å². The fraction of sp³-hybridized carbons (Fsp3) is 0.111. The monoisotopic (exact) mass is 321 g/mol. The molecule has 4 aromatic rings. The van der Waals surface area contributed by atoms with Crippen LogP contribution < -0.4 is 5.32 Å². The van der Waals surface area contributed by atoms with E-state index in [1.807, 2.05) is 67.2 Å². The van der Waals surface area contributed by atoms with Crippen LogP contribution in [0.2, 0.25) is 0 Å². The Morgan fingerprint density at radius 3 is 2.96 bits per heavy atom. The molecule has 2 aromatic heterocycles. The summed E-state index contributed by atoms with van der Waals surface area (Å²) in [4.78, 5) is 17.1. The lowest BCUT2D eigenvalue weighted by Crippen LogP contribution is -2.12. The number of thiazole rings is 1. The van der Waals surface area contributed by atoms with E-state index in [9.17, 15) is 4.79 Å². The third kappa shape index (κ3) is 2.39. The zero-order valence-corrected chi connectivity index (χ0v) is 13.6. The van der Waals surface area contributed by atoms with Gasteiger partial charge in [0.15, 0.2) is 0 Å². The van der Waals surface area contributed by atoms with Gasteiger partial charge in [-0.25, -0.2) is 4.98 Å². The number of rotatable bonds is 2. The van der Waals surface area contributed by atoms with Crippen molar-refractivity contribution in [1.29, 1.82) is 0 Å². The normalized spacial score (nSPS) is 11.2. The van der Waals surface area contributed by atoms with E-state index < -0.39 is 0 Å². The van der Waals surface area contributed by atoms with E-state index in [-0.39, 0.29) is 5.91 Å². The molecule has 0 fully saturated rings. The van der Waals surface area contributed by atoms with Gasteiger partial charge >= 0.3 is 0 Å². The molecule has 0 saturated carbocycles. The summed E-state index contributed by atoms with van der Waals surface area (Å²) in [6, 6.07) is 13.6. The van der Waals surface area contributed by atoms with Gasteiger partial charge in [0, 0.05) is 35.4 Å². The number of benzene rings is 2. The highest BCUT2D eigenvalue weighted by molar-refractivity contribution is 7.18. The van der Waals surface area contributed by atoms with Crippen LogP contribution in [0.1, 0.15) is 15.4 Å². The molecular weight excluding hydrogens is 306 g/mol. The number of carbonyl (C=O) groups is 1. The Labute approximate surface area is 137 Å². The minimum Gasteiger partial charge on any atom is -0.351 e.